The number of aryl methyl sites for hydroxylation is 2. The Labute approximate surface area is 148 Å². The highest BCUT2D eigenvalue weighted by Crippen LogP contribution is 2.24. The zero-order valence-corrected chi connectivity index (χ0v) is 14.8. The Balaban J connectivity index is 1.70. The second-order valence-electron chi connectivity index (χ2n) is 6.89. The third-order valence-electron chi connectivity index (χ3n) is 4.56. The maximum atomic E-state index is 12.6. The Morgan fingerprint density at radius 1 is 1.36 bits per heavy atom. The first-order chi connectivity index (χ1) is 12.0. The number of carbonyl (C=O) groups is 1. The van der Waals surface area contributed by atoms with Crippen molar-refractivity contribution in [3.63, 3.8) is 0 Å². The van der Waals surface area contributed by atoms with Crippen LogP contribution in [0, 0.1) is 13.8 Å². The van der Waals surface area contributed by atoms with Crippen LogP contribution in [0.5, 0.6) is 0 Å². The van der Waals surface area contributed by atoms with Gasteiger partial charge in [-0.25, -0.2) is 0 Å². The number of nitrogens with zero attached hydrogens (tertiary/aromatic N) is 3. The van der Waals surface area contributed by atoms with Crippen molar-refractivity contribution in [1.29, 1.82) is 0 Å². The fraction of sp³-hybridized carbons (Fsp3) is 0.474. The molecular weight excluding hydrogens is 318 g/mol. The smallest absolute Gasteiger partial charge is 0.244 e. The molecule has 6 nitrogen and oxygen atoms in total. The third-order valence-corrected chi connectivity index (χ3v) is 4.56. The summed E-state index contributed by atoms with van der Waals surface area (Å²) in [5.41, 5.74) is 2.55. The van der Waals surface area contributed by atoms with E-state index in [1.165, 1.54) is 5.56 Å². The molecule has 1 N–H and O–H groups in total. The quantitative estimate of drug-likeness (QED) is 0.889. The lowest BCUT2D eigenvalue weighted by atomic mass is 9.92. The summed E-state index contributed by atoms with van der Waals surface area (Å²) in [5, 5.41) is 14.2. The van der Waals surface area contributed by atoms with Gasteiger partial charge in [-0.05, 0) is 25.0 Å². The number of carbonyl (C=O) groups excluding carboxylic acids is 1. The summed E-state index contributed by atoms with van der Waals surface area (Å²) in [5.74, 6) is -0.00605. The van der Waals surface area contributed by atoms with Crippen LogP contribution in [-0.2, 0) is 22.5 Å². The predicted octanol–water partition coefficient (Wildman–Crippen LogP) is 1.33. The standard InChI is InChI=1S/C19H25N3O3/c1-15-4-3-5-17(8-15)9-19(14-23)13-21(6-7-25-19)18(24)12-22-11-16(2)10-20-22/h3-5,8,10-11,23H,6-7,9,12-14H2,1-2H3/t19-/m1/s1. The van der Waals surface area contributed by atoms with E-state index in [1.54, 1.807) is 15.8 Å². The molecule has 2 aromatic rings. The van der Waals surface area contributed by atoms with Gasteiger partial charge in [0.15, 0.2) is 0 Å². The first-order valence-electron chi connectivity index (χ1n) is 8.57. The van der Waals surface area contributed by atoms with Crippen molar-refractivity contribution in [3.05, 3.63) is 53.3 Å². The van der Waals surface area contributed by atoms with Crippen LogP contribution in [0.4, 0.5) is 0 Å². The van der Waals surface area contributed by atoms with E-state index in [1.807, 2.05) is 38.2 Å². The zero-order valence-electron chi connectivity index (χ0n) is 14.8. The summed E-state index contributed by atoms with van der Waals surface area (Å²) in [7, 11) is 0. The number of rotatable bonds is 5. The van der Waals surface area contributed by atoms with E-state index in [9.17, 15) is 9.90 Å². The Morgan fingerprint density at radius 3 is 2.88 bits per heavy atom. The van der Waals surface area contributed by atoms with Crippen molar-refractivity contribution >= 4 is 5.91 Å². The molecule has 1 saturated heterocycles. The van der Waals surface area contributed by atoms with Crippen LogP contribution in [0.3, 0.4) is 0 Å². The third kappa shape index (κ3) is 4.27. The molecule has 2 heterocycles. The molecule has 6 heteroatoms. The number of amides is 1. The molecule has 0 radical (unpaired) electrons. The van der Waals surface area contributed by atoms with Crippen LogP contribution >= 0.6 is 0 Å². The number of ether oxygens (including phenoxy) is 1. The number of hydrogen-bond donors (Lipinski definition) is 1. The molecule has 1 aromatic carbocycles. The summed E-state index contributed by atoms with van der Waals surface area (Å²) < 4.78 is 7.57. The highest BCUT2D eigenvalue weighted by molar-refractivity contribution is 5.76. The fourth-order valence-corrected chi connectivity index (χ4v) is 3.30. The van der Waals surface area contributed by atoms with Crippen molar-refractivity contribution in [3.8, 4) is 0 Å². The molecule has 3 rings (SSSR count). The van der Waals surface area contributed by atoms with Crippen molar-refractivity contribution in [2.75, 3.05) is 26.3 Å². The molecule has 0 spiro atoms. The lowest BCUT2D eigenvalue weighted by Crippen LogP contribution is -2.57. The van der Waals surface area contributed by atoms with Gasteiger partial charge in [-0.2, -0.15) is 5.10 Å². The fourth-order valence-electron chi connectivity index (χ4n) is 3.30. The lowest BCUT2D eigenvalue weighted by Gasteiger charge is -2.42. The summed E-state index contributed by atoms with van der Waals surface area (Å²) in [4.78, 5) is 14.4. The van der Waals surface area contributed by atoms with Crippen molar-refractivity contribution < 1.29 is 14.6 Å². The lowest BCUT2D eigenvalue weighted by molar-refractivity contribution is -0.158. The minimum absolute atomic E-state index is 0.00605. The van der Waals surface area contributed by atoms with Gasteiger partial charge < -0.3 is 14.7 Å². The molecule has 0 saturated carbocycles. The minimum Gasteiger partial charge on any atom is -0.393 e. The van der Waals surface area contributed by atoms with Crippen LogP contribution in [0.25, 0.3) is 0 Å². The number of benzene rings is 1. The molecule has 0 aliphatic carbocycles. The van der Waals surface area contributed by atoms with Gasteiger partial charge in [-0.1, -0.05) is 29.8 Å². The zero-order chi connectivity index (χ0) is 17.9. The molecule has 1 amide bonds. The Bertz CT molecular complexity index is 743. The molecule has 1 aromatic heterocycles. The van der Waals surface area contributed by atoms with E-state index < -0.39 is 5.60 Å². The van der Waals surface area contributed by atoms with Crippen LogP contribution in [0.1, 0.15) is 16.7 Å². The molecule has 1 aliphatic heterocycles. The first kappa shape index (κ1) is 17.6. The molecule has 25 heavy (non-hydrogen) atoms. The monoisotopic (exact) mass is 343 g/mol. The first-order valence-corrected chi connectivity index (χ1v) is 8.57. The second-order valence-corrected chi connectivity index (χ2v) is 6.89. The van der Waals surface area contributed by atoms with Crippen LogP contribution in [0.2, 0.25) is 0 Å². The molecule has 0 bridgehead atoms. The van der Waals surface area contributed by atoms with E-state index in [0.29, 0.717) is 26.1 Å². The van der Waals surface area contributed by atoms with Gasteiger partial charge in [-0.3, -0.25) is 9.48 Å². The summed E-state index contributed by atoms with van der Waals surface area (Å²) in [6, 6.07) is 8.16. The average molecular weight is 343 g/mol. The minimum atomic E-state index is -0.748. The van der Waals surface area contributed by atoms with Crippen LogP contribution in [-0.4, -0.2) is 57.6 Å². The number of hydrogen-bond acceptors (Lipinski definition) is 4. The number of aliphatic hydroxyl groups excluding tert-OH is 1. The molecular formula is C19H25N3O3. The molecule has 1 aliphatic rings. The molecule has 0 unspecified atom stereocenters. The van der Waals surface area contributed by atoms with Gasteiger partial charge in [0.2, 0.25) is 5.91 Å². The van der Waals surface area contributed by atoms with E-state index in [0.717, 1.165) is 11.1 Å². The average Bonchev–Trinajstić information content (AvgIpc) is 3.00. The summed E-state index contributed by atoms with van der Waals surface area (Å²) in [6.45, 7) is 5.42. The Morgan fingerprint density at radius 2 is 2.20 bits per heavy atom. The van der Waals surface area contributed by atoms with Crippen molar-refractivity contribution in [2.24, 2.45) is 0 Å². The highest BCUT2D eigenvalue weighted by atomic mass is 16.5. The molecule has 1 atom stereocenters. The number of aromatic nitrogens is 2. The number of aliphatic hydroxyl groups is 1. The predicted molar refractivity (Wildman–Crippen MR) is 94.2 cm³/mol. The Hall–Kier alpha value is -2.18. The van der Waals surface area contributed by atoms with E-state index >= 15 is 0 Å². The SMILES string of the molecule is Cc1cccc(C[C@]2(CO)CN(C(=O)Cn3cc(C)cn3)CCO2)c1. The van der Waals surface area contributed by atoms with Crippen molar-refractivity contribution in [2.45, 2.75) is 32.4 Å². The molecule has 1 fully saturated rings. The van der Waals surface area contributed by atoms with E-state index in [2.05, 4.69) is 11.2 Å². The van der Waals surface area contributed by atoms with Crippen molar-refractivity contribution in [1.82, 2.24) is 14.7 Å². The Kier molecular flexibility index (Phi) is 5.20. The normalized spacial score (nSPS) is 20.7. The topological polar surface area (TPSA) is 67.6 Å². The van der Waals surface area contributed by atoms with Gasteiger partial charge in [-0.15, -0.1) is 0 Å². The maximum Gasteiger partial charge on any atom is 0.244 e. The summed E-state index contributed by atoms with van der Waals surface area (Å²) >= 11 is 0. The van der Waals surface area contributed by atoms with Gasteiger partial charge >= 0.3 is 0 Å². The van der Waals surface area contributed by atoms with Crippen LogP contribution < -0.4 is 0 Å². The van der Waals surface area contributed by atoms with Gasteiger partial charge in [0, 0.05) is 19.2 Å². The number of morpholine rings is 1. The van der Waals surface area contributed by atoms with E-state index in [4.69, 9.17) is 4.74 Å². The highest BCUT2D eigenvalue weighted by Gasteiger charge is 2.38. The van der Waals surface area contributed by atoms with E-state index in [-0.39, 0.29) is 19.1 Å². The van der Waals surface area contributed by atoms with Gasteiger partial charge in [0.25, 0.3) is 0 Å². The van der Waals surface area contributed by atoms with Gasteiger partial charge in [0.05, 0.1) is 26.0 Å². The van der Waals surface area contributed by atoms with Crippen LogP contribution in [0.15, 0.2) is 36.7 Å². The second kappa shape index (κ2) is 7.37. The largest absolute Gasteiger partial charge is 0.393 e. The maximum absolute atomic E-state index is 12.6. The van der Waals surface area contributed by atoms with Gasteiger partial charge in [0.1, 0.15) is 12.1 Å². The molecule has 134 valence electrons. The summed E-state index contributed by atoms with van der Waals surface area (Å²) in [6.07, 6.45) is 4.17.